The topological polar surface area (TPSA) is 29.5 Å². The molecular weight excluding hydrogens is 259 g/mol. The average molecular weight is 275 g/mol. The molecule has 1 atom stereocenters. The van der Waals surface area contributed by atoms with Gasteiger partial charge in [-0.3, -0.25) is 0 Å². The zero-order chi connectivity index (χ0) is 12.7. The molecule has 0 heterocycles. The lowest BCUT2D eigenvalue weighted by Crippen LogP contribution is -2.05. The molecule has 0 saturated carbocycles. The van der Waals surface area contributed by atoms with Crippen molar-refractivity contribution >= 4 is 23.2 Å². The van der Waals surface area contributed by atoms with Crippen molar-refractivity contribution in [3.05, 3.63) is 40.4 Å². The number of hydrogen-bond acceptors (Lipinski definition) is 2. The second kappa shape index (κ2) is 7.59. The van der Waals surface area contributed by atoms with Gasteiger partial charge in [0.1, 0.15) is 5.75 Å². The molecule has 0 unspecified atom stereocenters. The fourth-order valence-corrected chi connectivity index (χ4v) is 1.92. The van der Waals surface area contributed by atoms with Gasteiger partial charge in [-0.2, -0.15) is 0 Å². The first-order valence-electron chi connectivity index (χ1n) is 5.51. The molecule has 4 heteroatoms. The summed E-state index contributed by atoms with van der Waals surface area (Å²) in [6.45, 7) is 2.42. The molecule has 0 aliphatic carbocycles. The van der Waals surface area contributed by atoms with Crippen molar-refractivity contribution < 1.29 is 9.84 Å². The summed E-state index contributed by atoms with van der Waals surface area (Å²) in [5, 5.41) is 10.6. The van der Waals surface area contributed by atoms with Gasteiger partial charge in [0.05, 0.1) is 12.7 Å². The van der Waals surface area contributed by atoms with E-state index in [1.807, 2.05) is 13.0 Å². The third-order valence-electron chi connectivity index (χ3n) is 2.16. The summed E-state index contributed by atoms with van der Waals surface area (Å²) in [6, 6.07) is 5.09. The molecule has 0 radical (unpaired) electrons. The Morgan fingerprint density at radius 3 is 2.53 bits per heavy atom. The highest BCUT2D eigenvalue weighted by molar-refractivity contribution is 6.34. The largest absolute Gasteiger partial charge is 0.493 e. The van der Waals surface area contributed by atoms with Gasteiger partial charge in [-0.05, 0) is 38.0 Å². The zero-order valence-electron chi connectivity index (χ0n) is 9.70. The van der Waals surface area contributed by atoms with Crippen LogP contribution in [0.5, 0.6) is 5.75 Å². The Labute approximate surface area is 112 Å². The van der Waals surface area contributed by atoms with Crippen molar-refractivity contribution in [2.75, 3.05) is 6.61 Å². The molecule has 1 rings (SSSR count). The lowest BCUT2D eigenvalue weighted by Gasteiger charge is -2.08. The molecule has 0 spiro atoms. The van der Waals surface area contributed by atoms with E-state index in [-0.39, 0.29) is 0 Å². The summed E-state index contributed by atoms with van der Waals surface area (Å²) < 4.78 is 5.49. The lowest BCUT2D eigenvalue weighted by molar-refractivity contribution is 0.195. The standard InChI is InChI=1S/C13H16Cl2O2/c1-2-4-12(16)5-3-6-17-13-8-10(14)7-11(15)9-13/h2,4,7-9,12,16H,3,5-6H2,1H3/t12-/m1/s1. The summed E-state index contributed by atoms with van der Waals surface area (Å²) in [4.78, 5) is 0. The molecule has 0 bridgehead atoms. The Bertz CT molecular complexity index is 357. The molecule has 0 aromatic heterocycles. The van der Waals surface area contributed by atoms with E-state index >= 15 is 0 Å². The van der Waals surface area contributed by atoms with Crippen LogP contribution in [-0.4, -0.2) is 17.8 Å². The fraction of sp³-hybridized carbons (Fsp3) is 0.385. The van der Waals surface area contributed by atoms with Crippen LogP contribution in [0.25, 0.3) is 0 Å². The smallest absolute Gasteiger partial charge is 0.122 e. The molecule has 0 saturated heterocycles. The highest BCUT2D eigenvalue weighted by atomic mass is 35.5. The second-order valence-electron chi connectivity index (χ2n) is 3.69. The number of hydrogen-bond donors (Lipinski definition) is 1. The molecule has 94 valence electrons. The molecule has 0 fully saturated rings. The molecule has 17 heavy (non-hydrogen) atoms. The maximum absolute atomic E-state index is 9.45. The predicted octanol–water partition coefficient (Wildman–Crippen LogP) is 4.09. The highest BCUT2D eigenvalue weighted by Crippen LogP contribution is 2.24. The number of benzene rings is 1. The quantitative estimate of drug-likeness (QED) is 0.626. The number of aliphatic hydroxyl groups is 1. The normalized spacial score (nSPS) is 12.9. The molecule has 1 aromatic carbocycles. The minimum Gasteiger partial charge on any atom is -0.493 e. The van der Waals surface area contributed by atoms with E-state index in [1.165, 1.54) is 0 Å². The second-order valence-corrected chi connectivity index (χ2v) is 4.56. The van der Waals surface area contributed by atoms with E-state index in [0.717, 1.165) is 6.42 Å². The summed E-state index contributed by atoms with van der Waals surface area (Å²) in [6.07, 6.45) is 4.65. The SMILES string of the molecule is CC=C[C@@H](O)CCCOc1cc(Cl)cc(Cl)c1. The van der Waals surface area contributed by atoms with Gasteiger partial charge >= 0.3 is 0 Å². The fourth-order valence-electron chi connectivity index (χ4n) is 1.41. The first-order valence-corrected chi connectivity index (χ1v) is 6.27. The van der Waals surface area contributed by atoms with Gasteiger partial charge in [0.2, 0.25) is 0 Å². The van der Waals surface area contributed by atoms with Crippen molar-refractivity contribution in [3.63, 3.8) is 0 Å². The Kier molecular flexibility index (Phi) is 6.41. The van der Waals surface area contributed by atoms with Gasteiger partial charge in [-0.15, -0.1) is 0 Å². The Morgan fingerprint density at radius 2 is 1.94 bits per heavy atom. The zero-order valence-corrected chi connectivity index (χ0v) is 11.2. The van der Waals surface area contributed by atoms with Crippen LogP contribution in [0, 0.1) is 0 Å². The van der Waals surface area contributed by atoms with Gasteiger partial charge < -0.3 is 9.84 Å². The van der Waals surface area contributed by atoms with Crippen LogP contribution >= 0.6 is 23.2 Å². The van der Waals surface area contributed by atoms with Gasteiger partial charge in [0.15, 0.2) is 0 Å². The monoisotopic (exact) mass is 274 g/mol. The Balaban J connectivity index is 2.31. The summed E-state index contributed by atoms with van der Waals surface area (Å²) in [5.41, 5.74) is 0. The van der Waals surface area contributed by atoms with Gasteiger partial charge in [0, 0.05) is 10.0 Å². The van der Waals surface area contributed by atoms with Crippen LogP contribution in [-0.2, 0) is 0 Å². The third-order valence-corrected chi connectivity index (χ3v) is 2.60. The van der Waals surface area contributed by atoms with E-state index in [4.69, 9.17) is 27.9 Å². The van der Waals surface area contributed by atoms with Crippen molar-refractivity contribution in [2.45, 2.75) is 25.9 Å². The van der Waals surface area contributed by atoms with E-state index in [9.17, 15) is 5.11 Å². The molecular formula is C13H16Cl2O2. The van der Waals surface area contributed by atoms with Crippen LogP contribution in [0.4, 0.5) is 0 Å². The summed E-state index contributed by atoms with van der Waals surface area (Å²) in [5.74, 6) is 0.656. The number of rotatable bonds is 6. The lowest BCUT2D eigenvalue weighted by atomic mass is 10.2. The predicted molar refractivity (Wildman–Crippen MR) is 72.0 cm³/mol. The highest BCUT2D eigenvalue weighted by Gasteiger charge is 2.01. The summed E-state index contributed by atoms with van der Waals surface area (Å²) >= 11 is 11.7. The van der Waals surface area contributed by atoms with E-state index in [2.05, 4.69) is 0 Å². The third kappa shape index (κ3) is 5.97. The van der Waals surface area contributed by atoms with Crippen LogP contribution in [0.15, 0.2) is 30.4 Å². The van der Waals surface area contributed by atoms with Crippen molar-refractivity contribution in [1.29, 1.82) is 0 Å². The first-order chi connectivity index (χ1) is 8.11. The van der Waals surface area contributed by atoms with Crippen LogP contribution in [0.3, 0.4) is 0 Å². The number of aliphatic hydroxyl groups excluding tert-OH is 1. The van der Waals surface area contributed by atoms with Gasteiger partial charge in [-0.1, -0.05) is 35.4 Å². The van der Waals surface area contributed by atoms with E-state index in [0.29, 0.717) is 28.8 Å². The minimum absolute atomic E-state index is 0.397. The van der Waals surface area contributed by atoms with E-state index < -0.39 is 6.10 Å². The number of ether oxygens (including phenoxy) is 1. The molecule has 0 aliphatic rings. The van der Waals surface area contributed by atoms with Gasteiger partial charge in [-0.25, -0.2) is 0 Å². The maximum atomic E-state index is 9.45. The molecule has 0 amide bonds. The van der Waals surface area contributed by atoms with Gasteiger partial charge in [0.25, 0.3) is 0 Å². The maximum Gasteiger partial charge on any atom is 0.122 e. The Hall–Kier alpha value is -0.700. The Morgan fingerprint density at radius 1 is 1.29 bits per heavy atom. The van der Waals surface area contributed by atoms with Crippen molar-refractivity contribution in [1.82, 2.24) is 0 Å². The molecule has 1 aromatic rings. The average Bonchev–Trinajstić information content (AvgIpc) is 2.23. The number of allylic oxidation sites excluding steroid dienone is 1. The molecule has 2 nitrogen and oxygen atoms in total. The van der Waals surface area contributed by atoms with Crippen LogP contribution in [0.1, 0.15) is 19.8 Å². The summed E-state index contributed by atoms with van der Waals surface area (Å²) in [7, 11) is 0. The molecule has 0 aliphatic heterocycles. The van der Waals surface area contributed by atoms with Crippen LogP contribution < -0.4 is 4.74 Å². The van der Waals surface area contributed by atoms with Crippen molar-refractivity contribution in [2.24, 2.45) is 0 Å². The minimum atomic E-state index is -0.397. The van der Waals surface area contributed by atoms with Crippen molar-refractivity contribution in [3.8, 4) is 5.75 Å². The van der Waals surface area contributed by atoms with E-state index in [1.54, 1.807) is 24.3 Å². The number of halogens is 2. The van der Waals surface area contributed by atoms with Crippen LogP contribution in [0.2, 0.25) is 10.0 Å². The first kappa shape index (κ1) is 14.4. The molecule has 1 N–H and O–H groups in total.